The first-order valence-electron chi connectivity index (χ1n) is 6.15. The topological polar surface area (TPSA) is 45.4 Å². The molecule has 0 amide bonds. The zero-order valence-electron chi connectivity index (χ0n) is 9.96. The molecule has 2 N–H and O–H groups in total. The van der Waals surface area contributed by atoms with Crippen LogP contribution in [0.25, 0.3) is 0 Å². The second kappa shape index (κ2) is 5.02. The molecule has 3 nitrogen and oxygen atoms in total. The van der Waals surface area contributed by atoms with Crippen molar-refractivity contribution < 1.29 is 9.52 Å². The Balaban J connectivity index is 1.94. The van der Waals surface area contributed by atoms with Gasteiger partial charge < -0.3 is 14.8 Å². The number of rotatable bonds is 4. The molecule has 3 heteroatoms. The van der Waals surface area contributed by atoms with Gasteiger partial charge in [0, 0.05) is 5.54 Å². The third-order valence-corrected chi connectivity index (χ3v) is 3.71. The van der Waals surface area contributed by atoms with E-state index in [2.05, 4.69) is 5.32 Å². The number of hydrogen-bond donors (Lipinski definition) is 2. The van der Waals surface area contributed by atoms with Crippen molar-refractivity contribution in [2.24, 2.45) is 0 Å². The number of nitrogens with one attached hydrogen (secondary N) is 1. The van der Waals surface area contributed by atoms with E-state index in [4.69, 9.17) is 4.42 Å². The van der Waals surface area contributed by atoms with Crippen molar-refractivity contribution in [1.82, 2.24) is 5.32 Å². The highest BCUT2D eigenvalue weighted by molar-refractivity contribution is 5.14. The lowest BCUT2D eigenvalue weighted by Crippen LogP contribution is -2.49. The van der Waals surface area contributed by atoms with Crippen molar-refractivity contribution in [3.63, 3.8) is 0 Å². The summed E-state index contributed by atoms with van der Waals surface area (Å²) in [5.74, 6) is 0.985. The molecule has 90 valence electrons. The summed E-state index contributed by atoms with van der Waals surface area (Å²) in [6.07, 6.45) is 7.59. The lowest BCUT2D eigenvalue weighted by atomic mass is 9.82. The summed E-state index contributed by atoms with van der Waals surface area (Å²) in [6, 6.07) is 1.98. The van der Waals surface area contributed by atoms with E-state index < -0.39 is 0 Å². The average Bonchev–Trinajstić information content (AvgIpc) is 2.74. The molecule has 1 heterocycles. The summed E-state index contributed by atoms with van der Waals surface area (Å²) in [5.41, 5.74) is 1.11. The number of furan rings is 1. The van der Waals surface area contributed by atoms with Gasteiger partial charge in [0.25, 0.3) is 0 Å². The molecule has 0 spiro atoms. The van der Waals surface area contributed by atoms with Gasteiger partial charge in [-0.1, -0.05) is 19.3 Å². The van der Waals surface area contributed by atoms with Gasteiger partial charge in [0.05, 0.1) is 19.4 Å². The lowest BCUT2D eigenvalue weighted by Gasteiger charge is -2.36. The maximum absolute atomic E-state index is 9.55. The molecule has 1 fully saturated rings. The Morgan fingerprint density at radius 2 is 2.12 bits per heavy atom. The lowest BCUT2D eigenvalue weighted by molar-refractivity contribution is 0.117. The molecule has 0 atom stereocenters. The Morgan fingerprint density at radius 3 is 2.69 bits per heavy atom. The summed E-state index contributed by atoms with van der Waals surface area (Å²) < 4.78 is 5.40. The van der Waals surface area contributed by atoms with Gasteiger partial charge in [-0.3, -0.25) is 0 Å². The van der Waals surface area contributed by atoms with Crippen LogP contribution in [0.5, 0.6) is 0 Å². The molecule has 0 aromatic carbocycles. The van der Waals surface area contributed by atoms with Crippen LogP contribution in [0.1, 0.15) is 43.4 Å². The van der Waals surface area contributed by atoms with Crippen molar-refractivity contribution in [3.05, 3.63) is 23.7 Å². The molecule has 2 rings (SSSR count). The van der Waals surface area contributed by atoms with Gasteiger partial charge >= 0.3 is 0 Å². The molecule has 0 aliphatic heterocycles. The summed E-state index contributed by atoms with van der Waals surface area (Å²) in [7, 11) is 0. The van der Waals surface area contributed by atoms with E-state index in [1.165, 1.54) is 24.8 Å². The second-order valence-corrected chi connectivity index (χ2v) is 4.88. The van der Waals surface area contributed by atoms with E-state index in [1.807, 2.05) is 13.0 Å². The fourth-order valence-corrected chi connectivity index (χ4v) is 2.47. The molecular weight excluding hydrogens is 202 g/mol. The van der Waals surface area contributed by atoms with Gasteiger partial charge in [-0.2, -0.15) is 0 Å². The monoisotopic (exact) mass is 223 g/mol. The molecule has 16 heavy (non-hydrogen) atoms. The molecule has 1 aromatic rings. The molecule has 0 bridgehead atoms. The van der Waals surface area contributed by atoms with Crippen LogP contribution in [0.4, 0.5) is 0 Å². The highest BCUT2D eigenvalue weighted by Crippen LogP contribution is 2.28. The Hall–Kier alpha value is -0.800. The zero-order chi connectivity index (χ0) is 11.4. The van der Waals surface area contributed by atoms with Gasteiger partial charge in [-0.25, -0.2) is 0 Å². The molecule has 0 radical (unpaired) electrons. The van der Waals surface area contributed by atoms with Crippen molar-refractivity contribution in [1.29, 1.82) is 0 Å². The molecule has 1 aliphatic rings. The summed E-state index contributed by atoms with van der Waals surface area (Å²) in [5, 5.41) is 13.0. The molecule has 1 aromatic heterocycles. The molecule has 0 unspecified atom stereocenters. The van der Waals surface area contributed by atoms with Crippen LogP contribution >= 0.6 is 0 Å². The summed E-state index contributed by atoms with van der Waals surface area (Å²) in [4.78, 5) is 0. The first kappa shape index (κ1) is 11.7. The Labute approximate surface area is 96.8 Å². The first-order chi connectivity index (χ1) is 7.76. The third kappa shape index (κ3) is 2.47. The van der Waals surface area contributed by atoms with Crippen LogP contribution in [0.3, 0.4) is 0 Å². The maximum Gasteiger partial charge on any atom is 0.120 e. The van der Waals surface area contributed by atoms with Crippen LogP contribution in [0.15, 0.2) is 16.7 Å². The van der Waals surface area contributed by atoms with E-state index >= 15 is 0 Å². The predicted molar refractivity (Wildman–Crippen MR) is 63.2 cm³/mol. The van der Waals surface area contributed by atoms with E-state index in [9.17, 15) is 5.11 Å². The Bertz CT molecular complexity index is 326. The van der Waals surface area contributed by atoms with Crippen LogP contribution < -0.4 is 5.32 Å². The van der Waals surface area contributed by atoms with Gasteiger partial charge in [-0.15, -0.1) is 0 Å². The van der Waals surface area contributed by atoms with Crippen LogP contribution in [-0.4, -0.2) is 17.3 Å². The van der Waals surface area contributed by atoms with Gasteiger partial charge in [0.15, 0.2) is 0 Å². The van der Waals surface area contributed by atoms with Gasteiger partial charge in [0.2, 0.25) is 0 Å². The molecule has 1 aliphatic carbocycles. The zero-order valence-corrected chi connectivity index (χ0v) is 9.96. The normalized spacial score (nSPS) is 19.9. The number of aliphatic hydroxyl groups excluding tert-OH is 1. The van der Waals surface area contributed by atoms with E-state index in [0.717, 1.165) is 25.1 Å². The smallest absolute Gasteiger partial charge is 0.120 e. The molecule has 0 saturated heterocycles. The average molecular weight is 223 g/mol. The van der Waals surface area contributed by atoms with Crippen LogP contribution in [0, 0.1) is 6.92 Å². The highest BCUT2D eigenvalue weighted by atomic mass is 16.3. The Kier molecular flexibility index (Phi) is 3.66. The third-order valence-electron chi connectivity index (χ3n) is 3.71. The minimum absolute atomic E-state index is 0.0719. The van der Waals surface area contributed by atoms with Crippen molar-refractivity contribution >= 4 is 0 Å². The van der Waals surface area contributed by atoms with Crippen molar-refractivity contribution in [2.75, 3.05) is 6.61 Å². The highest BCUT2D eigenvalue weighted by Gasteiger charge is 2.30. The summed E-state index contributed by atoms with van der Waals surface area (Å²) in [6.45, 7) is 3.00. The number of aryl methyl sites for hydroxylation is 1. The molecular formula is C13H21NO2. The van der Waals surface area contributed by atoms with E-state index in [-0.39, 0.29) is 12.1 Å². The minimum Gasteiger partial charge on any atom is -0.468 e. The van der Waals surface area contributed by atoms with E-state index in [0.29, 0.717) is 0 Å². The van der Waals surface area contributed by atoms with Gasteiger partial charge in [-0.05, 0) is 31.4 Å². The van der Waals surface area contributed by atoms with Gasteiger partial charge in [0.1, 0.15) is 5.76 Å². The predicted octanol–water partition coefficient (Wildman–Crippen LogP) is 2.37. The first-order valence-corrected chi connectivity index (χ1v) is 6.15. The number of aliphatic hydroxyl groups is 1. The van der Waals surface area contributed by atoms with Crippen molar-refractivity contribution in [3.8, 4) is 0 Å². The van der Waals surface area contributed by atoms with Crippen LogP contribution in [-0.2, 0) is 6.54 Å². The maximum atomic E-state index is 9.55. The minimum atomic E-state index is -0.0719. The van der Waals surface area contributed by atoms with Crippen LogP contribution in [0.2, 0.25) is 0 Å². The standard InChI is InChI=1S/C13H21NO2/c1-11-5-8-16-12(11)9-14-13(10-15)6-3-2-4-7-13/h5,8,14-15H,2-4,6-7,9-10H2,1H3. The Morgan fingerprint density at radius 1 is 1.38 bits per heavy atom. The summed E-state index contributed by atoms with van der Waals surface area (Å²) >= 11 is 0. The molecule has 1 saturated carbocycles. The fraction of sp³-hybridized carbons (Fsp3) is 0.692. The quantitative estimate of drug-likeness (QED) is 0.823. The SMILES string of the molecule is Cc1ccoc1CNC1(CO)CCCCC1. The second-order valence-electron chi connectivity index (χ2n) is 4.88. The fourth-order valence-electron chi connectivity index (χ4n) is 2.47. The van der Waals surface area contributed by atoms with E-state index in [1.54, 1.807) is 6.26 Å². The largest absolute Gasteiger partial charge is 0.468 e. The number of hydrogen-bond acceptors (Lipinski definition) is 3. The van der Waals surface area contributed by atoms with Crippen molar-refractivity contribution in [2.45, 2.75) is 51.1 Å².